The highest BCUT2D eigenvalue weighted by atomic mass is 79.9. The first-order chi connectivity index (χ1) is 11.7. The van der Waals surface area contributed by atoms with Crippen molar-refractivity contribution in [3.8, 4) is 11.1 Å². The van der Waals surface area contributed by atoms with Crippen molar-refractivity contribution in [2.45, 2.75) is 37.5 Å². The average molecular weight is 528 g/mol. The number of rotatable bonds is 3. The Morgan fingerprint density at radius 3 is 1.19 bits per heavy atom. The Kier molecular flexibility index (Phi) is 5.79. The molecule has 0 unspecified atom stereocenters. The van der Waals surface area contributed by atoms with Gasteiger partial charge in [-0.3, -0.25) is 9.11 Å². The van der Waals surface area contributed by atoms with Gasteiger partial charge in [-0.2, -0.15) is 16.8 Å². The highest BCUT2D eigenvalue weighted by Crippen LogP contribution is 2.42. The second kappa shape index (κ2) is 6.99. The summed E-state index contributed by atoms with van der Waals surface area (Å²) < 4.78 is 68.5. The molecule has 0 heterocycles. The molecule has 0 aromatic heterocycles. The Bertz CT molecular complexity index is 1040. The normalized spacial score (nSPS) is 12.5. The number of aryl methyl sites for hydroxylation is 2. The quantitative estimate of drug-likeness (QED) is 0.564. The molecule has 2 rings (SSSR count). The molecule has 0 atom stereocenters. The largest absolute Gasteiger partial charge is 0.295 e. The smallest absolute Gasteiger partial charge is 0.282 e. The lowest BCUT2D eigenvalue weighted by Crippen LogP contribution is -2.10. The van der Waals surface area contributed by atoms with Gasteiger partial charge in [-0.25, -0.2) is 0 Å². The van der Waals surface area contributed by atoms with Crippen molar-refractivity contribution in [2.75, 3.05) is 0 Å². The molecule has 2 aromatic rings. The molecular weight excluding hydrogens is 512 g/mol. The highest BCUT2D eigenvalue weighted by Gasteiger charge is 2.29. The van der Waals surface area contributed by atoms with E-state index in [1.165, 1.54) is 26.0 Å². The van der Waals surface area contributed by atoms with E-state index in [4.69, 9.17) is 0 Å². The van der Waals surface area contributed by atoms with Crippen molar-refractivity contribution in [1.82, 2.24) is 0 Å². The van der Waals surface area contributed by atoms with Crippen LogP contribution in [0.25, 0.3) is 11.1 Å². The first kappa shape index (κ1) is 21.5. The van der Waals surface area contributed by atoms with Gasteiger partial charge < -0.3 is 0 Å². The average Bonchev–Trinajstić information content (AvgIpc) is 2.46. The molecule has 0 amide bonds. The standard InChI is InChI=1S/C16H16Br2O6S2/c1-7-5-11(15(25(19,20)21)9(3)13(7)17)12-6-8(2)14(18)10(4)16(12)26(22,23)24/h5-6H,1-4H3,(H,19,20,21)(H,22,23,24). The molecule has 0 bridgehead atoms. The van der Waals surface area contributed by atoms with E-state index in [1.54, 1.807) is 13.8 Å². The molecule has 0 fully saturated rings. The van der Waals surface area contributed by atoms with Crippen LogP contribution < -0.4 is 0 Å². The van der Waals surface area contributed by atoms with Crippen LogP contribution in [0.1, 0.15) is 22.3 Å². The van der Waals surface area contributed by atoms with Gasteiger partial charge in [0.05, 0.1) is 0 Å². The van der Waals surface area contributed by atoms with Crippen molar-refractivity contribution in [3.05, 3.63) is 43.3 Å². The molecule has 26 heavy (non-hydrogen) atoms. The Morgan fingerprint density at radius 2 is 0.962 bits per heavy atom. The van der Waals surface area contributed by atoms with Crippen molar-refractivity contribution in [2.24, 2.45) is 0 Å². The minimum absolute atomic E-state index is 0.00275. The van der Waals surface area contributed by atoms with E-state index >= 15 is 0 Å². The molecule has 0 aliphatic heterocycles. The summed E-state index contributed by atoms with van der Waals surface area (Å²) in [5.74, 6) is 0. The van der Waals surface area contributed by atoms with Crippen molar-refractivity contribution >= 4 is 52.1 Å². The Morgan fingerprint density at radius 1 is 0.692 bits per heavy atom. The first-order valence-electron chi connectivity index (χ1n) is 7.22. The van der Waals surface area contributed by atoms with Crippen LogP contribution in [0.15, 0.2) is 30.9 Å². The summed E-state index contributed by atoms with van der Waals surface area (Å²) in [7, 11) is -9.34. The molecule has 0 saturated heterocycles. The first-order valence-corrected chi connectivity index (χ1v) is 11.7. The summed E-state index contributed by atoms with van der Waals surface area (Å²) in [5, 5.41) is 0. The zero-order valence-electron chi connectivity index (χ0n) is 14.3. The topological polar surface area (TPSA) is 109 Å². The molecule has 2 aromatic carbocycles. The van der Waals surface area contributed by atoms with E-state index in [0.717, 1.165) is 0 Å². The van der Waals surface area contributed by atoms with Crippen LogP contribution in [-0.2, 0) is 20.2 Å². The second-order valence-electron chi connectivity index (χ2n) is 5.97. The molecule has 2 N–H and O–H groups in total. The van der Waals surface area contributed by atoms with Gasteiger partial charge in [-0.1, -0.05) is 31.9 Å². The minimum Gasteiger partial charge on any atom is -0.282 e. The molecule has 0 radical (unpaired) electrons. The SMILES string of the molecule is Cc1cc(-c2cc(C)c(Br)c(C)c2S(=O)(=O)O)c(S(=O)(=O)O)c(C)c1Br. The number of hydrogen-bond acceptors (Lipinski definition) is 4. The maximum absolute atomic E-state index is 12.0. The lowest BCUT2D eigenvalue weighted by atomic mass is 9.97. The molecule has 0 aliphatic rings. The fourth-order valence-corrected chi connectivity index (χ4v) is 5.71. The van der Waals surface area contributed by atoms with Crippen LogP contribution in [0.5, 0.6) is 0 Å². The molecule has 0 spiro atoms. The van der Waals surface area contributed by atoms with Gasteiger partial charge in [0, 0.05) is 20.1 Å². The second-order valence-corrected chi connectivity index (χ2v) is 10.3. The van der Waals surface area contributed by atoms with Gasteiger partial charge in [-0.05, 0) is 62.1 Å². The van der Waals surface area contributed by atoms with E-state index in [-0.39, 0.29) is 22.3 Å². The zero-order chi connectivity index (χ0) is 20.2. The van der Waals surface area contributed by atoms with Crippen LogP contribution >= 0.6 is 31.9 Å². The van der Waals surface area contributed by atoms with Gasteiger partial charge in [0.2, 0.25) is 0 Å². The number of halogens is 2. The Hall–Kier alpha value is -0.780. The molecule has 0 saturated carbocycles. The van der Waals surface area contributed by atoms with Gasteiger partial charge in [0.15, 0.2) is 0 Å². The van der Waals surface area contributed by atoms with Crippen molar-refractivity contribution in [1.29, 1.82) is 0 Å². The van der Waals surface area contributed by atoms with Crippen LogP contribution in [-0.4, -0.2) is 25.9 Å². The predicted octanol–water partition coefficient (Wildman–Crippen LogP) is 4.61. The van der Waals surface area contributed by atoms with E-state index in [2.05, 4.69) is 31.9 Å². The summed E-state index contributed by atoms with van der Waals surface area (Å²) >= 11 is 6.55. The third kappa shape index (κ3) is 3.76. The van der Waals surface area contributed by atoms with Crippen LogP contribution in [0.4, 0.5) is 0 Å². The van der Waals surface area contributed by atoms with Gasteiger partial charge in [0.25, 0.3) is 20.2 Å². The van der Waals surface area contributed by atoms with Gasteiger partial charge in [0.1, 0.15) is 9.79 Å². The van der Waals surface area contributed by atoms with E-state index in [1.807, 2.05) is 0 Å². The summed E-state index contributed by atoms with van der Waals surface area (Å²) in [6.45, 7) is 6.41. The van der Waals surface area contributed by atoms with E-state index in [9.17, 15) is 25.9 Å². The summed E-state index contributed by atoms with van der Waals surface area (Å²) in [6.07, 6.45) is 0. The number of hydrogen-bond donors (Lipinski definition) is 2. The van der Waals surface area contributed by atoms with E-state index < -0.39 is 30.0 Å². The lowest BCUT2D eigenvalue weighted by Gasteiger charge is -2.19. The van der Waals surface area contributed by atoms with Gasteiger partial charge >= 0.3 is 0 Å². The monoisotopic (exact) mass is 526 g/mol. The molecule has 6 nitrogen and oxygen atoms in total. The summed E-state index contributed by atoms with van der Waals surface area (Å²) in [5.41, 5.74) is 1.76. The predicted molar refractivity (Wildman–Crippen MR) is 106 cm³/mol. The third-order valence-corrected chi connectivity index (χ3v) is 8.57. The highest BCUT2D eigenvalue weighted by molar-refractivity contribution is 9.10. The van der Waals surface area contributed by atoms with Gasteiger partial charge in [-0.15, -0.1) is 0 Å². The molecular formula is C16H16Br2O6S2. The maximum Gasteiger partial charge on any atom is 0.295 e. The third-order valence-electron chi connectivity index (χ3n) is 4.05. The van der Waals surface area contributed by atoms with Crippen molar-refractivity contribution < 1.29 is 25.9 Å². The zero-order valence-corrected chi connectivity index (χ0v) is 19.1. The minimum atomic E-state index is -4.67. The molecule has 142 valence electrons. The molecule has 10 heteroatoms. The van der Waals surface area contributed by atoms with Crippen LogP contribution in [0.3, 0.4) is 0 Å². The van der Waals surface area contributed by atoms with Crippen LogP contribution in [0.2, 0.25) is 0 Å². The fourth-order valence-electron chi connectivity index (χ4n) is 2.95. The maximum atomic E-state index is 12.0. The fraction of sp³-hybridized carbons (Fsp3) is 0.250. The number of benzene rings is 2. The summed E-state index contributed by atoms with van der Waals surface area (Å²) in [4.78, 5) is -0.831. The Balaban J connectivity index is 3.18. The lowest BCUT2D eigenvalue weighted by molar-refractivity contribution is 0.479. The molecule has 0 aliphatic carbocycles. The van der Waals surface area contributed by atoms with Crippen molar-refractivity contribution in [3.63, 3.8) is 0 Å². The Labute approximate surface area is 169 Å². The van der Waals surface area contributed by atoms with Crippen LogP contribution in [0, 0.1) is 27.7 Å². The van der Waals surface area contributed by atoms with E-state index in [0.29, 0.717) is 20.1 Å². The summed E-state index contributed by atoms with van der Waals surface area (Å²) in [6, 6.07) is 2.91.